The highest BCUT2D eigenvalue weighted by atomic mass is 32.1. The summed E-state index contributed by atoms with van der Waals surface area (Å²) in [5, 5.41) is 19.0. The molecule has 2 atom stereocenters. The van der Waals surface area contributed by atoms with Crippen LogP contribution in [0.2, 0.25) is 0 Å². The van der Waals surface area contributed by atoms with Gasteiger partial charge >= 0.3 is 5.97 Å². The molecule has 1 aromatic rings. The van der Waals surface area contributed by atoms with Crippen molar-refractivity contribution in [1.82, 2.24) is 4.98 Å². The fourth-order valence-corrected chi connectivity index (χ4v) is 1.43. The number of hydrogen-bond acceptors (Lipinski definition) is 5. The quantitative estimate of drug-likeness (QED) is 0.450. The summed E-state index contributed by atoms with van der Waals surface area (Å²) >= 11 is 3.87. The van der Waals surface area contributed by atoms with Crippen LogP contribution in [0.15, 0.2) is 12.3 Å². The Morgan fingerprint density at radius 1 is 1.62 bits per heavy atom. The standard InChI is InChI=1S/C10H15NO4S/c1-2-15-10(14)7-3-6(4-11-7)9(13)8(12)5-16/h3-4,8-9,11-13,16H,2,5H2,1H3. The maximum Gasteiger partial charge on any atom is 0.354 e. The number of carbonyl (C=O) groups is 1. The van der Waals surface area contributed by atoms with Crippen molar-refractivity contribution < 1.29 is 19.7 Å². The maximum absolute atomic E-state index is 11.3. The minimum absolute atomic E-state index is 0.140. The molecule has 0 aliphatic rings. The average Bonchev–Trinajstić information content (AvgIpc) is 2.76. The first-order chi connectivity index (χ1) is 7.60. The SMILES string of the molecule is CCOC(=O)c1cc(C(O)C(O)CS)c[nH]1. The Kier molecular flexibility index (Phi) is 4.85. The lowest BCUT2D eigenvalue weighted by molar-refractivity contribution is 0.0337. The third-order valence-corrected chi connectivity index (χ3v) is 2.47. The van der Waals surface area contributed by atoms with Gasteiger partial charge in [-0.25, -0.2) is 4.79 Å². The molecule has 6 heteroatoms. The summed E-state index contributed by atoms with van der Waals surface area (Å²) in [5.41, 5.74) is 0.687. The van der Waals surface area contributed by atoms with E-state index >= 15 is 0 Å². The second-order valence-corrected chi connectivity index (χ2v) is 3.63. The van der Waals surface area contributed by atoms with Crippen molar-refractivity contribution in [2.45, 2.75) is 19.1 Å². The lowest BCUT2D eigenvalue weighted by atomic mass is 10.1. The van der Waals surface area contributed by atoms with E-state index in [4.69, 9.17) is 4.74 Å². The molecule has 0 spiro atoms. The topological polar surface area (TPSA) is 82.6 Å². The molecule has 0 saturated carbocycles. The highest BCUT2D eigenvalue weighted by Gasteiger charge is 2.19. The minimum atomic E-state index is -1.06. The lowest BCUT2D eigenvalue weighted by Crippen LogP contribution is -2.19. The van der Waals surface area contributed by atoms with E-state index in [0.717, 1.165) is 0 Å². The summed E-state index contributed by atoms with van der Waals surface area (Å²) in [6.07, 6.45) is -0.560. The Morgan fingerprint density at radius 3 is 2.88 bits per heavy atom. The summed E-state index contributed by atoms with van der Waals surface area (Å²) in [7, 11) is 0. The van der Waals surface area contributed by atoms with E-state index in [1.165, 1.54) is 12.3 Å². The first-order valence-corrected chi connectivity index (χ1v) is 5.55. The van der Waals surface area contributed by atoms with Crippen LogP contribution in [0.25, 0.3) is 0 Å². The number of aliphatic hydroxyl groups excluding tert-OH is 2. The van der Waals surface area contributed by atoms with Crippen LogP contribution in [0.4, 0.5) is 0 Å². The highest BCUT2D eigenvalue weighted by Crippen LogP contribution is 2.18. The number of carbonyl (C=O) groups excluding carboxylic acids is 1. The predicted octanol–water partition coefficient (Wildman–Crippen LogP) is 0.515. The molecular weight excluding hydrogens is 230 g/mol. The van der Waals surface area contributed by atoms with E-state index in [9.17, 15) is 15.0 Å². The molecule has 1 heterocycles. The molecule has 2 unspecified atom stereocenters. The second kappa shape index (κ2) is 5.93. The molecule has 0 amide bonds. The molecule has 0 radical (unpaired) electrons. The van der Waals surface area contributed by atoms with Crippen LogP contribution in [0.3, 0.4) is 0 Å². The summed E-state index contributed by atoms with van der Waals surface area (Å²) in [6.45, 7) is 2.00. The van der Waals surface area contributed by atoms with E-state index in [-0.39, 0.29) is 18.1 Å². The van der Waals surface area contributed by atoms with Gasteiger partial charge in [0, 0.05) is 17.5 Å². The van der Waals surface area contributed by atoms with E-state index in [0.29, 0.717) is 5.56 Å². The van der Waals surface area contributed by atoms with E-state index < -0.39 is 18.2 Å². The van der Waals surface area contributed by atoms with Crippen LogP contribution in [0.5, 0.6) is 0 Å². The monoisotopic (exact) mass is 245 g/mol. The largest absolute Gasteiger partial charge is 0.461 e. The number of hydrogen-bond donors (Lipinski definition) is 4. The number of nitrogens with one attached hydrogen (secondary N) is 1. The van der Waals surface area contributed by atoms with Gasteiger partial charge in [0.25, 0.3) is 0 Å². The van der Waals surface area contributed by atoms with Gasteiger partial charge in [-0.3, -0.25) is 0 Å². The lowest BCUT2D eigenvalue weighted by Gasteiger charge is -2.13. The number of aromatic nitrogens is 1. The molecule has 3 N–H and O–H groups in total. The molecule has 0 aliphatic heterocycles. The molecule has 0 aromatic carbocycles. The number of H-pyrrole nitrogens is 1. The van der Waals surface area contributed by atoms with Gasteiger partial charge < -0.3 is 19.9 Å². The molecule has 0 fully saturated rings. The molecule has 0 aliphatic carbocycles. The Labute approximate surface area is 98.8 Å². The Balaban J connectivity index is 2.74. The van der Waals surface area contributed by atoms with Crippen LogP contribution < -0.4 is 0 Å². The third-order valence-electron chi connectivity index (χ3n) is 2.09. The van der Waals surface area contributed by atoms with Gasteiger partial charge in [-0.15, -0.1) is 0 Å². The normalized spacial score (nSPS) is 14.5. The Bertz CT molecular complexity index is 352. The zero-order valence-electron chi connectivity index (χ0n) is 8.88. The number of thiol groups is 1. The fraction of sp³-hybridized carbons (Fsp3) is 0.500. The van der Waals surface area contributed by atoms with Crippen molar-refractivity contribution in [2.24, 2.45) is 0 Å². The van der Waals surface area contributed by atoms with Gasteiger partial charge in [0.2, 0.25) is 0 Å². The third kappa shape index (κ3) is 3.01. The van der Waals surface area contributed by atoms with Gasteiger partial charge in [0.1, 0.15) is 11.8 Å². The zero-order valence-corrected chi connectivity index (χ0v) is 9.78. The van der Waals surface area contributed by atoms with Crippen LogP contribution >= 0.6 is 12.6 Å². The van der Waals surface area contributed by atoms with Crippen LogP contribution in [0.1, 0.15) is 29.1 Å². The average molecular weight is 245 g/mol. The van der Waals surface area contributed by atoms with Crippen molar-refractivity contribution in [3.05, 3.63) is 23.5 Å². The van der Waals surface area contributed by atoms with Crippen LogP contribution in [-0.2, 0) is 4.74 Å². The van der Waals surface area contributed by atoms with Gasteiger partial charge in [-0.1, -0.05) is 0 Å². The zero-order chi connectivity index (χ0) is 12.1. The number of ether oxygens (including phenoxy) is 1. The maximum atomic E-state index is 11.3. The number of aliphatic hydroxyl groups is 2. The number of rotatable bonds is 5. The van der Waals surface area contributed by atoms with Crippen molar-refractivity contribution in [1.29, 1.82) is 0 Å². The Hall–Kier alpha value is -0.980. The summed E-state index contributed by atoms with van der Waals surface area (Å²) in [6, 6.07) is 1.45. The second-order valence-electron chi connectivity index (χ2n) is 3.26. The number of esters is 1. The molecule has 90 valence electrons. The molecule has 16 heavy (non-hydrogen) atoms. The van der Waals surface area contributed by atoms with Crippen molar-refractivity contribution in [3.63, 3.8) is 0 Å². The summed E-state index contributed by atoms with van der Waals surface area (Å²) < 4.78 is 4.78. The molecule has 5 nitrogen and oxygen atoms in total. The predicted molar refractivity (Wildman–Crippen MR) is 61.6 cm³/mol. The smallest absolute Gasteiger partial charge is 0.354 e. The van der Waals surface area contributed by atoms with Gasteiger partial charge in [-0.05, 0) is 13.0 Å². The van der Waals surface area contributed by atoms with Gasteiger partial charge in [-0.2, -0.15) is 12.6 Å². The van der Waals surface area contributed by atoms with E-state index in [1.54, 1.807) is 6.92 Å². The minimum Gasteiger partial charge on any atom is -0.461 e. The van der Waals surface area contributed by atoms with Gasteiger partial charge in [0.05, 0.1) is 12.7 Å². The molecule has 0 bridgehead atoms. The van der Waals surface area contributed by atoms with Crippen molar-refractivity contribution in [3.8, 4) is 0 Å². The first-order valence-electron chi connectivity index (χ1n) is 4.92. The van der Waals surface area contributed by atoms with Gasteiger partial charge in [0.15, 0.2) is 0 Å². The summed E-state index contributed by atoms with van der Waals surface area (Å²) in [5.74, 6) is -0.345. The van der Waals surface area contributed by atoms with Crippen LogP contribution in [0, 0.1) is 0 Å². The molecule has 0 saturated heterocycles. The van der Waals surface area contributed by atoms with Crippen molar-refractivity contribution >= 4 is 18.6 Å². The first kappa shape index (κ1) is 13.1. The highest BCUT2D eigenvalue weighted by molar-refractivity contribution is 7.80. The summed E-state index contributed by atoms with van der Waals surface area (Å²) in [4.78, 5) is 14.0. The van der Waals surface area contributed by atoms with E-state index in [2.05, 4.69) is 17.6 Å². The number of aromatic amines is 1. The van der Waals surface area contributed by atoms with Crippen molar-refractivity contribution in [2.75, 3.05) is 12.4 Å². The molecular formula is C10H15NO4S. The molecule has 1 aromatic heterocycles. The van der Waals surface area contributed by atoms with E-state index in [1.807, 2.05) is 0 Å². The molecule has 1 rings (SSSR count). The Morgan fingerprint density at radius 2 is 2.31 bits per heavy atom. The van der Waals surface area contributed by atoms with Crippen LogP contribution in [-0.4, -0.2) is 39.6 Å². The fourth-order valence-electron chi connectivity index (χ4n) is 1.23.